The van der Waals surface area contributed by atoms with Gasteiger partial charge in [0.2, 0.25) is 5.91 Å². The number of rotatable bonds is 4. The largest absolute Gasteiger partial charge is 0.350 e. The van der Waals surface area contributed by atoms with Crippen LogP contribution in [0.5, 0.6) is 0 Å². The zero-order valence-corrected chi connectivity index (χ0v) is 12.1. The summed E-state index contributed by atoms with van der Waals surface area (Å²) in [6.07, 6.45) is 5.83. The molecule has 0 aliphatic heterocycles. The van der Waals surface area contributed by atoms with Crippen LogP contribution in [-0.2, 0) is 24.8 Å². The summed E-state index contributed by atoms with van der Waals surface area (Å²) in [7, 11) is 1.83. The van der Waals surface area contributed by atoms with Crippen molar-refractivity contribution in [1.82, 2.24) is 24.5 Å². The minimum Gasteiger partial charge on any atom is -0.350 e. The van der Waals surface area contributed by atoms with E-state index in [2.05, 4.69) is 15.4 Å². The fraction of sp³-hybridized carbons (Fsp3) is 0.267. The van der Waals surface area contributed by atoms with E-state index in [1.165, 1.54) is 0 Å². The Morgan fingerprint density at radius 2 is 2.19 bits per heavy atom. The maximum absolute atomic E-state index is 11.9. The summed E-state index contributed by atoms with van der Waals surface area (Å²) in [4.78, 5) is 16.4. The van der Waals surface area contributed by atoms with E-state index < -0.39 is 0 Å². The van der Waals surface area contributed by atoms with Gasteiger partial charge in [-0.15, -0.1) is 0 Å². The number of hydrogen-bond donors (Lipinski definition) is 1. The Labute approximate surface area is 122 Å². The quantitative estimate of drug-likeness (QED) is 0.783. The zero-order valence-electron chi connectivity index (χ0n) is 12.1. The number of nitrogens with one attached hydrogen (secondary N) is 1. The molecule has 3 aromatic rings. The number of fused-ring (bicyclic) bond motifs is 1. The molecule has 0 bridgehead atoms. The second-order valence-corrected chi connectivity index (χ2v) is 5.10. The highest BCUT2D eigenvalue weighted by atomic mass is 16.1. The molecule has 0 unspecified atom stereocenters. The van der Waals surface area contributed by atoms with Crippen molar-refractivity contribution in [3.05, 3.63) is 53.7 Å². The smallest absolute Gasteiger partial charge is 0.224 e. The Bertz CT molecular complexity index is 786. The van der Waals surface area contributed by atoms with Crippen LogP contribution in [0.2, 0.25) is 0 Å². The summed E-state index contributed by atoms with van der Waals surface area (Å²) in [5, 5.41) is 6.93. The number of aromatic nitrogens is 4. The van der Waals surface area contributed by atoms with Crippen LogP contribution in [0.3, 0.4) is 0 Å². The van der Waals surface area contributed by atoms with Gasteiger partial charge in [0.1, 0.15) is 5.65 Å². The Morgan fingerprint density at radius 1 is 1.33 bits per heavy atom. The van der Waals surface area contributed by atoms with Gasteiger partial charge in [0, 0.05) is 25.1 Å². The molecule has 0 spiro atoms. The van der Waals surface area contributed by atoms with Gasteiger partial charge in [-0.05, 0) is 24.6 Å². The molecule has 0 aliphatic carbocycles. The van der Waals surface area contributed by atoms with Crippen molar-refractivity contribution in [2.45, 2.75) is 19.9 Å². The van der Waals surface area contributed by atoms with Crippen LogP contribution < -0.4 is 5.32 Å². The predicted molar refractivity (Wildman–Crippen MR) is 78.7 cm³/mol. The first-order valence-corrected chi connectivity index (χ1v) is 6.79. The standard InChI is InChI=1S/C15H17N5O/c1-11-4-3-5-14-18-13(10-20(11)14)8-16-15(21)6-12-7-17-19(2)9-12/h3-5,7,9-10H,6,8H2,1-2H3,(H,16,21). The van der Waals surface area contributed by atoms with E-state index in [4.69, 9.17) is 0 Å². The maximum Gasteiger partial charge on any atom is 0.224 e. The van der Waals surface area contributed by atoms with Crippen LogP contribution in [0.1, 0.15) is 17.0 Å². The number of imidazole rings is 1. The number of amides is 1. The lowest BCUT2D eigenvalue weighted by Gasteiger charge is -2.01. The lowest BCUT2D eigenvalue weighted by atomic mass is 10.2. The van der Waals surface area contributed by atoms with Gasteiger partial charge in [0.15, 0.2) is 0 Å². The van der Waals surface area contributed by atoms with Crippen molar-refractivity contribution >= 4 is 11.6 Å². The molecule has 0 saturated carbocycles. The van der Waals surface area contributed by atoms with E-state index in [9.17, 15) is 4.79 Å². The van der Waals surface area contributed by atoms with Crippen LogP contribution in [0.15, 0.2) is 36.8 Å². The number of pyridine rings is 1. The molecule has 1 N–H and O–H groups in total. The summed E-state index contributed by atoms with van der Waals surface area (Å²) >= 11 is 0. The van der Waals surface area contributed by atoms with Gasteiger partial charge >= 0.3 is 0 Å². The summed E-state index contributed by atoms with van der Waals surface area (Å²) in [6.45, 7) is 2.46. The molecule has 1 amide bonds. The summed E-state index contributed by atoms with van der Waals surface area (Å²) < 4.78 is 3.70. The minimum atomic E-state index is -0.0308. The summed E-state index contributed by atoms with van der Waals surface area (Å²) in [5.74, 6) is -0.0308. The van der Waals surface area contributed by atoms with Crippen LogP contribution in [0.4, 0.5) is 0 Å². The normalized spacial score (nSPS) is 11.0. The Balaban J connectivity index is 1.63. The van der Waals surface area contributed by atoms with E-state index in [0.717, 1.165) is 22.6 Å². The molecule has 6 nitrogen and oxygen atoms in total. The van der Waals surface area contributed by atoms with Crippen molar-refractivity contribution in [3.63, 3.8) is 0 Å². The van der Waals surface area contributed by atoms with Gasteiger partial charge in [-0.1, -0.05) is 6.07 Å². The molecular weight excluding hydrogens is 266 g/mol. The number of hydrogen-bond acceptors (Lipinski definition) is 3. The molecule has 0 fully saturated rings. The molecule has 0 radical (unpaired) electrons. The molecule has 3 rings (SSSR count). The average molecular weight is 283 g/mol. The van der Waals surface area contributed by atoms with Gasteiger partial charge in [0.25, 0.3) is 0 Å². The van der Waals surface area contributed by atoms with E-state index >= 15 is 0 Å². The first-order valence-electron chi connectivity index (χ1n) is 6.79. The van der Waals surface area contributed by atoms with Gasteiger partial charge in [-0.25, -0.2) is 4.98 Å². The van der Waals surface area contributed by atoms with Gasteiger partial charge in [0.05, 0.1) is 24.9 Å². The third-order valence-corrected chi connectivity index (χ3v) is 3.34. The molecule has 0 aromatic carbocycles. The summed E-state index contributed by atoms with van der Waals surface area (Å²) in [5.41, 5.74) is 3.77. The number of carbonyl (C=O) groups is 1. The third kappa shape index (κ3) is 2.94. The Hall–Kier alpha value is -2.63. The van der Waals surface area contributed by atoms with Gasteiger partial charge in [-0.3, -0.25) is 9.48 Å². The van der Waals surface area contributed by atoms with Gasteiger partial charge in [-0.2, -0.15) is 5.10 Å². The number of carbonyl (C=O) groups excluding carboxylic acids is 1. The molecule has 6 heteroatoms. The predicted octanol–water partition coefficient (Wildman–Crippen LogP) is 1.24. The van der Waals surface area contributed by atoms with Crippen molar-refractivity contribution in [2.75, 3.05) is 0 Å². The highest BCUT2D eigenvalue weighted by Crippen LogP contribution is 2.08. The average Bonchev–Trinajstić information content (AvgIpc) is 3.03. The van der Waals surface area contributed by atoms with Crippen LogP contribution >= 0.6 is 0 Å². The number of nitrogens with zero attached hydrogens (tertiary/aromatic N) is 4. The van der Waals surface area contributed by atoms with Crippen molar-refractivity contribution in [2.24, 2.45) is 7.05 Å². The fourth-order valence-corrected chi connectivity index (χ4v) is 2.28. The molecule has 0 saturated heterocycles. The molecule has 108 valence electrons. The lowest BCUT2D eigenvalue weighted by Crippen LogP contribution is -2.24. The highest BCUT2D eigenvalue weighted by Gasteiger charge is 2.07. The first kappa shape index (κ1) is 13.4. The first-order chi connectivity index (χ1) is 10.1. The Kier molecular flexibility index (Phi) is 3.43. The van der Waals surface area contributed by atoms with Crippen LogP contribution in [-0.4, -0.2) is 25.1 Å². The Morgan fingerprint density at radius 3 is 2.90 bits per heavy atom. The van der Waals surface area contributed by atoms with Crippen molar-refractivity contribution < 1.29 is 4.79 Å². The van der Waals surface area contributed by atoms with Crippen LogP contribution in [0.25, 0.3) is 5.65 Å². The van der Waals surface area contributed by atoms with Gasteiger partial charge < -0.3 is 9.72 Å². The molecule has 21 heavy (non-hydrogen) atoms. The second kappa shape index (κ2) is 5.40. The second-order valence-electron chi connectivity index (χ2n) is 5.10. The lowest BCUT2D eigenvalue weighted by molar-refractivity contribution is -0.120. The van der Waals surface area contributed by atoms with Crippen molar-refractivity contribution in [3.8, 4) is 0 Å². The molecule has 0 atom stereocenters. The third-order valence-electron chi connectivity index (χ3n) is 3.34. The zero-order chi connectivity index (χ0) is 14.8. The van der Waals surface area contributed by atoms with Crippen LogP contribution in [0, 0.1) is 6.92 Å². The summed E-state index contributed by atoms with van der Waals surface area (Å²) in [6, 6.07) is 5.95. The number of aryl methyl sites for hydroxylation is 2. The molecule has 0 aliphatic rings. The van der Waals surface area contributed by atoms with E-state index in [1.807, 2.05) is 49.0 Å². The van der Waals surface area contributed by atoms with E-state index in [-0.39, 0.29) is 5.91 Å². The maximum atomic E-state index is 11.9. The molecule has 3 heterocycles. The molecular formula is C15H17N5O. The fourth-order valence-electron chi connectivity index (χ4n) is 2.28. The molecule has 3 aromatic heterocycles. The topological polar surface area (TPSA) is 64.2 Å². The van der Waals surface area contributed by atoms with E-state index in [1.54, 1.807) is 10.9 Å². The highest BCUT2D eigenvalue weighted by molar-refractivity contribution is 5.78. The SMILES string of the molecule is Cc1cccc2nc(CNC(=O)Cc3cnn(C)c3)cn12. The van der Waals surface area contributed by atoms with E-state index in [0.29, 0.717) is 13.0 Å². The minimum absolute atomic E-state index is 0.0308. The monoisotopic (exact) mass is 283 g/mol. The van der Waals surface area contributed by atoms with Crippen molar-refractivity contribution in [1.29, 1.82) is 0 Å².